The van der Waals surface area contributed by atoms with Gasteiger partial charge in [-0.25, -0.2) is 5.43 Å². The van der Waals surface area contributed by atoms with E-state index in [1.165, 1.54) is 18.2 Å². The molecule has 0 saturated carbocycles. The summed E-state index contributed by atoms with van der Waals surface area (Å²) < 4.78 is 4.86. The molecule has 0 aliphatic carbocycles. The Morgan fingerprint density at radius 1 is 1.21 bits per heavy atom. The second kappa shape index (κ2) is 6.21. The number of nitrogens with one attached hydrogen (secondary N) is 1. The van der Waals surface area contributed by atoms with Gasteiger partial charge in [-0.05, 0) is 17.5 Å². The van der Waals surface area contributed by atoms with Crippen molar-refractivity contribution in [1.29, 1.82) is 0 Å². The predicted molar refractivity (Wildman–Crippen MR) is 86.0 cm³/mol. The fraction of sp³-hybridized carbons (Fsp3) is 0. The SMILES string of the molecule is O=C(NN=Cc1ccc([N+](=O)[O-])o1)c1ccc2ccccc2c1O. The predicted octanol–water partition coefficient (Wildman–Crippen LogP) is 2.81. The summed E-state index contributed by atoms with van der Waals surface area (Å²) in [6, 6.07) is 12.8. The molecule has 1 heterocycles. The van der Waals surface area contributed by atoms with Crippen molar-refractivity contribution in [2.75, 3.05) is 0 Å². The summed E-state index contributed by atoms with van der Waals surface area (Å²) >= 11 is 0. The fourth-order valence-electron chi connectivity index (χ4n) is 2.16. The van der Waals surface area contributed by atoms with Crippen LogP contribution in [0.5, 0.6) is 5.75 Å². The molecule has 0 atom stereocenters. The number of hydrazone groups is 1. The van der Waals surface area contributed by atoms with E-state index in [1.807, 2.05) is 12.1 Å². The molecule has 3 aromatic rings. The number of phenolic OH excluding ortho intramolecular Hbond substituents is 1. The zero-order valence-corrected chi connectivity index (χ0v) is 12.2. The maximum absolute atomic E-state index is 12.1. The average Bonchev–Trinajstić information content (AvgIpc) is 3.04. The summed E-state index contributed by atoms with van der Waals surface area (Å²) in [5, 5.41) is 25.7. The Balaban J connectivity index is 1.76. The number of carbonyl (C=O) groups is 1. The van der Waals surface area contributed by atoms with E-state index in [9.17, 15) is 20.0 Å². The molecule has 1 amide bonds. The van der Waals surface area contributed by atoms with E-state index in [1.54, 1.807) is 18.2 Å². The molecule has 0 radical (unpaired) electrons. The third-order valence-corrected chi connectivity index (χ3v) is 3.30. The molecule has 24 heavy (non-hydrogen) atoms. The van der Waals surface area contributed by atoms with Crippen LogP contribution in [0.1, 0.15) is 16.1 Å². The zero-order chi connectivity index (χ0) is 17.1. The van der Waals surface area contributed by atoms with Gasteiger partial charge in [-0.2, -0.15) is 5.10 Å². The van der Waals surface area contributed by atoms with Crippen LogP contribution in [0.2, 0.25) is 0 Å². The quantitative estimate of drug-likeness (QED) is 0.434. The summed E-state index contributed by atoms with van der Waals surface area (Å²) in [5.74, 6) is -1.07. The average molecular weight is 325 g/mol. The highest BCUT2D eigenvalue weighted by atomic mass is 16.6. The number of nitrogens with zero attached hydrogens (tertiary/aromatic N) is 2. The van der Waals surface area contributed by atoms with E-state index in [0.717, 1.165) is 11.6 Å². The number of phenols is 1. The number of nitro groups is 1. The lowest BCUT2D eigenvalue weighted by Crippen LogP contribution is -2.17. The second-order valence-electron chi connectivity index (χ2n) is 4.82. The lowest BCUT2D eigenvalue weighted by molar-refractivity contribution is -0.402. The van der Waals surface area contributed by atoms with Crippen molar-refractivity contribution in [2.24, 2.45) is 5.10 Å². The Hall–Kier alpha value is -3.68. The number of furan rings is 1. The smallest absolute Gasteiger partial charge is 0.433 e. The number of fused-ring (bicyclic) bond motifs is 1. The minimum absolute atomic E-state index is 0.0660. The zero-order valence-electron chi connectivity index (χ0n) is 12.2. The molecule has 0 aliphatic heterocycles. The summed E-state index contributed by atoms with van der Waals surface area (Å²) in [6.45, 7) is 0. The summed E-state index contributed by atoms with van der Waals surface area (Å²) in [6.07, 6.45) is 1.13. The molecule has 0 bridgehead atoms. The highest BCUT2D eigenvalue weighted by molar-refractivity contribution is 6.03. The molecule has 0 aliphatic rings. The van der Waals surface area contributed by atoms with E-state index >= 15 is 0 Å². The van der Waals surface area contributed by atoms with Gasteiger partial charge in [-0.15, -0.1) is 0 Å². The highest BCUT2D eigenvalue weighted by Gasteiger charge is 2.13. The second-order valence-corrected chi connectivity index (χ2v) is 4.82. The van der Waals surface area contributed by atoms with Gasteiger partial charge in [-0.1, -0.05) is 30.3 Å². The van der Waals surface area contributed by atoms with Crippen molar-refractivity contribution in [1.82, 2.24) is 5.43 Å². The molecule has 2 N–H and O–H groups in total. The lowest BCUT2D eigenvalue weighted by Gasteiger charge is -2.06. The van der Waals surface area contributed by atoms with Crippen molar-refractivity contribution >= 4 is 28.8 Å². The number of hydrogen-bond donors (Lipinski definition) is 2. The Morgan fingerprint density at radius 3 is 2.75 bits per heavy atom. The minimum atomic E-state index is -0.678. The van der Waals surface area contributed by atoms with E-state index in [-0.39, 0.29) is 17.1 Å². The summed E-state index contributed by atoms with van der Waals surface area (Å²) in [4.78, 5) is 21.9. The Morgan fingerprint density at radius 2 is 2.00 bits per heavy atom. The normalized spacial score (nSPS) is 11.0. The van der Waals surface area contributed by atoms with Crippen LogP contribution < -0.4 is 5.43 Å². The number of amides is 1. The third-order valence-electron chi connectivity index (χ3n) is 3.30. The van der Waals surface area contributed by atoms with Gasteiger partial charge in [0.1, 0.15) is 10.7 Å². The minimum Gasteiger partial charge on any atom is -0.506 e. The van der Waals surface area contributed by atoms with Gasteiger partial charge in [0.25, 0.3) is 5.91 Å². The van der Waals surface area contributed by atoms with Crippen molar-refractivity contribution in [3.63, 3.8) is 0 Å². The monoisotopic (exact) mass is 325 g/mol. The molecule has 8 heteroatoms. The maximum Gasteiger partial charge on any atom is 0.433 e. The lowest BCUT2D eigenvalue weighted by atomic mass is 10.1. The van der Waals surface area contributed by atoms with E-state index in [4.69, 9.17) is 4.42 Å². The number of carbonyl (C=O) groups excluding carboxylic acids is 1. The van der Waals surface area contributed by atoms with Crippen LogP contribution in [-0.2, 0) is 0 Å². The van der Waals surface area contributed by atoms with Gasteiger partial charge < -0.3 is 9.52 Å². The Labute approximate surface area is 135 Å². The van der Waals surface area contributed by atoms with Crippen molar-refractivity contribution in [2.45, 2.75) is 0 Å². The molecule has 0 unspecified atom stereocenters. The molecule has 0 fully saturated rings. The first-order chi connectivity index (χ1) is 11.6. The van der Waals surface area contributed by atoms with E-state index < -0.39 is 16.7 Å². The molecule has 0 spiro atoms. The molecule has 1 aromatic heterocycles. The standard InChI is InChI=1S/C16H11N3O5/c20-15-12-4-2-1-3-10(12)5-7-13(15)16(21)18-17-9-11-6-8-14(24-11)19(22)23/h1-9,20H,(H,18,21). The number of aromatic hydroxyl groups is 1. The topological polar surface area (TPSA) is 118 Å². The van der Waals surface area contributed by atoms with Gasteiger partial charge in [0, 0.05) is 5.39 Å². The van der Waals surface area contributed by atoms with Crippen molar-refractivity contribution < 1.29 is 19.2 Å². The molecule has 120 valence electrons. The van der Waals surface area contributed by atoms with Crippen LogP contribution in [-0.4, -0.2) is 22.2 Å². The first-order valence-corrected chi connectivity index (χ1v) is 6.84. The third kappa shape index (κ3) is 2.93. The van der Waals surface area contributed by atoms with Crippen LogP contribution in [0.4, 0.5) is 5.88 Å². The molecule has 8 nitrogen and oxygen atoms in total. The molecule has 2 aromatic carbocycles. The van der Waals surface area contributed by atoms with Crippen LogP contribution in [0.25, 0.3) is 10.8 Å². The molecule has 0 saturated heterocycles. The number of hydrogen-bond acceptors (Lipinski definition) is 6. The highest BCUT2D eigenvalue weighted by Crippen LogP contribution is 2.28. The van der Waals surface area contributed by atoms with Gasteiger partial charge in [0.2, 0.25) is 0 Å². The van der Waals surface area contributed by atoms with Crippen molar-refractivity contribution in [3.8, 4) is 5.75 Å². The first kappa shape index (κ1) is 15.2. The van der Waals surface area contributed by atoms with Crippen LogP contribution in [0.3, 0.4) is 0 Å². The van der Waals surface area contributed by atoms with Gasteiger partial charge in [-0.3, -0.25) is 14.9 Å². The largest absolute Gasteiger partial charge is 0.506 e. The Kier molecular flexibility index (Phi) is 3.94. The van der Waals surface area contributed by atoms with E-state index in [2.05, 4.69) is 10.5 Å². The summed E-state index contributed by atoms with van der Waals surface area (Å²) in [5.41, 5.74) is 2.30. The fourth-order valence-corrected chi connectivity index (χ4v) is 2.16. The first-order valence-electron chi connectivity index (χ1n) is 6.84. The van der Waals surface area contributed by atoms with E-state index in [0.29, 0.717) is 5.39 Å². The molecular weight excluding hydrogens is 314 g/mol. The van der Waals surface area contributed by atoms with Gasteiger partial charge >= 0.3 is 5.88 Å². The molecular formula is C16H11N3O5. The molecule has 3 rings (SSSR count). The number of rotatable bonds is 4. The van der Waals surface area contributed by atoms with Crippen LogP contribution in [0, 0.1) is 10.1 Å². The van der Waals surface area contributed by atoms with Gasteiger partial charge in [0.15, 0.2) is 5.76 Å². The van der Waals surface area contributed by atoms with Crippen LogP contribution >= 0.6 is 0 Å². The van der Waals surface area contributed by atoms with Crippen LogP contribution in [0.15, 0.2) is 58.0 Å². The Bertz CT molecular complexity index is 961. The van der Waals surface area contributed by atoms with Crippen molar-refractivity contribution in [3.05, 3.63) is 70.0 Å². The van der Waals surface area contributed by atoms with Gasteiger partial charge in [0.05, 0.1) is 17.8 Å². The summed E-state index contributed by atoms with van der Waals surface area (Å²) in [7, 11) is 0. The number of benzene rings is 2. The maximum atomic E-state index is 12.1.